The lowest BCUT2D eigenvalue weighted by Crippen LogP contribution is -2.62. The van der Waals surface area contributed by atoms with Gasteiger partial charge in [-0.2, -0.15) is 0 Å². The molecule has 0 unspecified atom stereocenters. The maximum absolute atomic E-state index is 11.6. The zero-order chi connectivity index (χ0) is 17.2. The van der Waals surface area contributed by atoms with Crippen LogP contribution >= 0.6 is 0 Å². The summed E-state index contributed by atoms with van der Waals surface area (Å²) in [6, 6.07) is 2.45. The van der Waals surface area contributed by atoms with Gasteiger partial charge >= 0.3 is 0 Å². The molecule has 4 rings (SSSR count). The molecule has 25 heavy (non-hydrogen) atoms. The van der Waals surface area contributed by atoms with Crippen LogP contribution in [0.3, 0.4) is 0 Å². The molecule has 8 heteroatoms. The summed E-state index contributed by atoms with van der Waals surface area (Å²) >= 11 is 0. The smallest absolute Gasteiger partial charge is 0.268 e. The number of piperazine rings is 1. The third-order valence-electron chi connectivity index (χ3n) is 5.16. The van der Waals surface area contributed by atoms with E-state index in [-0.39, 0.29) is 5.56 Å². The lowest BCUT2D eigenvalue weighted by molar-refractivity contribution is 0.0240. The van der Waals surface area contributed by atoms with E-state index in [9.17, 15) is 4.79 Å². The molecule has 8 nitrogen and oxygen atoms in total. The van der Waals surface area contributed by atoms with Crippen molar-refractivity contribution in [3.05, 3.63) is 46.9 Å². The molecule has 2 fully saturated rings. The van der Waals surface area contributed by atoms with Crippen LogP contribution in [0.4, 0.5) is 5.95 Å². The fourth-order valence-corrected chi connectivity index (χ4v) is 3.52. The van der Waals surface area contributed by atoms with Gasteiger partial charge in [0.05, 0.1) is 11.9 Å². The van der Waals surface area contributed by atoms with Gasteiger partial charge in [-0.25, -0.2) is 9.97 Å². The quantitative estimate of drug-likeness (QED) is 0.748. The predicted molar refractivity (Wildman–Crippen MR) is 94.4 cm³/mol. The first-order valence-electron chi connectivity index (χ1n) is 8.69. The first-order valence-corrected chi connectivity index (χ1v) is 8.69. The number of aromatic nitrogens is 4. The van der Waals surface area contributed by atoms with Gasteiger partial charge in [-0.1, -0.05) is 0 Å². The normalized spacial score (nSPS) is 19.8. The van der Waals surface area contributed by atoms with Crippen molar-refractivity contribution in [3.8, 4) is 0 Å². The Balaban J connectivity index is 1.26. The van der Waals surface area contributed by atoms with Gasteiger partial charge in [-0.3, -0.25) is 19.6 Å². The van der Waals surface area contributed by atoms with E-state index >= 15 is 0 Å². The summed E-state index contributed by atoms with van der Waals surface area (Å²) in [5.74, 6) is 0.829. The molecule has 2 aromatic rings. The van der Waals surface area contributed by atoms with Crippen LogP contribution in [0.5, 0.6) is 0 Å². The van der Waals surface area contributed by atoms with E-state index in [1.54, 1.807) is 23.2 Å². The molecule has 0 radical (unpaired) electrons. The summed E-state index contributed by atoms with van der Waals surface area (Å²) < 4.78 is 1.68. The Labute approximate surface area is 146 Å². The lowest BCUT2D eigenvalue weighted by Gasteiger charge is -2.48. The molecule has 0 saturated carbocycles. The monoisotopic (exact) mass is 341 g/mol. The average molecular weight is 341 g/mol. The SMILES string of the molecule is Cn1c(CN2CC(N3CCN(c4ncccn4)CC3)C2)cncc1=O. The second-order valence-corrected chi connectivity index (χ2v) is 6.72. The molecule has 2 saturated heterocycles. The van der Waals surface area contributed by atoms with Crippen LogP contribution in [-0.2, 0) is 13.6 Å². The molecule has 0 atom stereocenters. The Morgan fingerprint density at radius 3 is 2.52 bits per heavy atom. The highest BCUT2D eigenvalue weighted by Gasteiger charge is 2.33. The van der Waals surface area contributed by atoms with Crippen molar-refractivity contribution < 1.29 is 0 Å². The molecule has 2 aliphatic heterocycles. The summed E-state index contributed by atoms with van der Waals surface area (Å²) in [7, 11) is 1.81. The van der Waals surface area contributed by atoms with Crippen molar-refractivity contribution in [3.63, 3.8) is 0 Å². The second-order valence-electron chi connectivity index (χ2n) is 6.72. The van der Waals surface area contributed by atoms with E-state index in [1.165, 1.54) is 6.20 Å². The minimum absolute atomic E-state index is 0.0474. The third kappa shape index (κ3) is 3.40. The molecule has 0 spiro atoms. The van der Waals surface area contributed by atoms with E-state index < -0.39 is 0 Å². The second kappa shape index (κ2) is 6.89. The van der Waals surface area contributed by atoms with E-state index in [2.05, 4.69) is 29.7 Å². The highest BCUT2D eigenvalue weighted by atomic mass is 16.1. The van der Waals surface area contributed by atoms with Crippen molar-refractivity contribution in [2.45, 2.75) is 12.6 Å². The summed E-state index contributed by atoms with van der Waals surface area (Å²) in [6.45, 7) is 6.91. The minimum atomic E-state index is -0.0474. The van der Waals surface area contributed by atoms with Gasteiger partial charge in [-0.15, -0.1) is 0 Å². The van der Waals surface area contributed by atoms with Gasteiger partial charge in [0.2, 0.25) is 5.95 Å². The molecule has 0 amide bonds. The van der Waals surface area contributed by atoms with Crippen molar-refractivity contribution in [1.82, 2.24) is 29.3 Å². The molecular weight excluding hydrogens is 318 g/mol. The van der Waals surface area contributed by atoms with E-state index in [0.29, 0.717) is 6.04 Å². The Morgan fingerprint density at radius 1 is 1.08 bits per heavy atom. The van der Waals surface area contributed by atoms with Gasteiger partial charge in [0.1, 0.15) is 0 Å². The molecule has 0 aromatic carbocycles. The van der Waals surface area contributed by atoms with Gasteiger partial charge in [-0.05, 0) is 6.07 Å². The number of rotatable bonds is 4. The van der Waals surface area contributed by atoms with Crippen LogP contribution in [0.25, 0.3) is 0 Å². The molecule has 2 aromatic heterocycles. The topological polar surface area (TPSA) is 70.4 Å². The third-order valence-corrected chi connectivity index (χ3v) is 5.16. The molecular formula is C17H23N7O. The average Bonchev–Trinajstić information content (AvgIpc) is 2.62. The molecule has 0 aliphatic carbocycles. The number of likely N-dealkylation sites (tertiary alicyclic amines) is 1. The molecule has 4 heterocycles. The van der Waals surface area contributed by atoms with Crippen LogP contribution in [-0.4, -0.2) is 74.6 Å². The summed E-state index contributed by atoms with van der Waals surface area (Å²) in [5.41, 5.74) is 0.922. The number of nitrogens with zero attached hydrogens (tertiary/aromatic N) is 7. The Hall–Kier alpha value is -2.32. The highest BCUT2D eigenvalue weighted by molar-refractivity contribution is 5.29. The van der Waals surface area contributed by atoms with Gasteiger partial charge in [0.15, 0.2) is 0 Å². The molecule has 0 N–H and O–H groups in total. The van der Waals surface area contributed by atoms with Crippen molar-refractivity contribution in [1.29, 1.82) is 0 Å². The Morgan fingerprint density at radius 2 is 1.80 bits per heavy atom. The van der Waals surface area contributed by atoms with Gasteiger partial charge in [0.25, 0.3) is 5.56 Å². The number of anilines is 1. The van der Waals surface area contributed by atoms with Crippen LogP contribution in [0.2, 0.25) is 0 Å². The van der Waals surface area contributed by atoms with Crippen molar-refractivity contribution in [2.24, 2.45) is 7.05 Å². The van der Waals surface area contributed by atoms with E-state index in [1.807, 2.05) is 13.1 Å². The summed E-state index contributed by atoms with van der Waals surface area (Å²) in [5, 5.41) is 0. The van der Waals surface area contributed by atoms with Crippen LogP contribution < -0.4 is 10.5 Å². The lowest BCUT2D eigenvalue weighted by atomic mass is 10.1. The maximum atomic E-state index is 11.6. The van der Waals surface area contributed by atoms with Crippen LogP contribution in [0.1, 0.15) is 5.69 Å². The predicted octanol–water partition coefficient (Wildman–Crippen LogP) is -0.423. The van der Waals surface area contributed by atoms with Gasteiger partial charge < -0.3 is 9.47 Å². The first kappa shape index (κ1) is 16.2. The number of hydrogen-bond donors (Lipinski definition) is 0. The molecule has 132 valence electrons. The van der Waals surface area contributed by atoms with Crippen molar-refractivity contribution >= 4 is 5.95 Å². The summed E-state index contributed by atoms with van der Waals surface area (Å²) in [4.78, 5) is 31.5. The van der Waals surface area contributed by atoms with Crippen LogP contribution in [0, 0.1) is 0 Å². The fraction of sp³-hybridized carbons (Fsp3) is 0.529. The highest BCUT2D eigenvalue weighted by Crippen LogP contribution is 2.20. The van der Waals surface area contributed by atoms with E-state index in [4.69, 9.17) is 0 Å². The minimum Gasteiger partial charge on any atom is -0.338 e. The summed E-state index contributed by atoms with van der Waals surface area (Å²) in [6.07, 6.45) is 6.74. The Kier molecular flexibility index (Phi) is 4.46. The fourth-order valence-electron chi connectivity index (χ4n) is 3.52. The van der Waals surface area contributed by atoms with Crippen molar-refractivity contribution in [2.75, 3.05) is 44.2 Å². The maximum Gasteiger partial charge on any atom is 0.268 e. The first-order chi connectivity index (χ1) is 12.2. The largest absolute Gasteiger partial charge is 0.338 e. The molecule has 0 bridgehead atoms. The van der Waals surface area contributed by atoms with E-state index in [0.717, 1.165) is 57.5 Å². The zero-order valence-corrected chi connectivity index (χ0v) is 14.5. The van der Waals surface area contributed by atoms with Crippen LogP contribution in [0.15, 0.2) is 35.6 Å². The molecule has 2 aliphatic rings. The zero-order valence-electron chi connectivity index (χ0n) is 14.5. The standard InChI is InChI=1S/C17H23N7O/c1-21-14(9-18-10-16(21)25)11-22-12-15(13-22)23-5-7-24(8-6-23)17-19-3-2-4-20-17/h2-4,9-10,15H,5-8,11-13H2,1H3. The Bertz CT molecular complexity index is 764. The number of hydrogen-bond acceptors (Lipinski definition) is 7. The van der Waals surface area contributed by atoms with Gasteiger partial charge in [0, 0.05) is 77.5 Å².